The minimum absolute atomic E-state index is 0.229. The Morgan fingerprint density at radius 3 is 2.77 bits per heavy atom. The highest BCUT2D eigenvalue weighted by atomic mass is 35.5. The summed E-state index contributed by atoms with van der Waals surface area (Å²) in [7, 11) is 0. The average molecular weight is 317 g/mol. The number of aromatic nitrogens is 4. The maximum atomic E-state index is 11.0. The molecule has 0 saturated heterocycles. The molecule has 0 fully saturated rings. The van der Waals surface area contributed by atoms with Gasteiger partial charge < -0.3 is 4.74 Å². The fourth-order valence-electron chi connectivity index (χ4n) is 1.98. The first-order valence-electron chi connectivity index (χ1n) is 6.63. The third-order valence-corrected chi connectivity index (χ3v) is 3.40. The van der Waals surface area contributed by atoms with Crippen molar-refractivity contribution in [3.8, 4) is 11.6 Å². The van der Waals surface area contributed by atoms with E-state index in [1.807, 2.05) is 19.1 Å². The first-order valence-corrected chi connectivity index (χ1v) is 7.01. The van der Waals surface area contributed by atoms with Gasteiger partial charge in [0.2, 0.25) is 5.88 Å². The Balaban J connectivity index is 1.79. The molecule has 6 nitrogen and oxygen atoms in total. The van der Waals surface area contributed by atoms with E-state index in [2.05, 4.69) is 20.4 Å². The predicted octanol–water partition coefficient (Wildman–Crippen LogP) is 2.84. The summed E-state index contributed by atoms with van der Waals surface area (Å²) in [5, 5.41) is 14.1. The van der Waals surface area contributed by atoms with Gasteiger partial charge in [-0.3, -0.25) is 4.79 Å². The molecule has 1 aromatic carbocycles. The molecule has 7 heteroatoms. The summed E-state index contributed by atoms with van der Waals surface area (Å²) in [6, 6.07) is 10.2. The van der Waals surface area contributed by atoms with E-state index in [1.165, 1.54) is 6.07 Å². The van der Waals surface area contributed by atoms with Crippen LogP contribution in [0.1, 0.15) is 17.0 Å². The highest BCUT2D eigenvalue weighted by Gasteiger charge is 2.12. The van der Waals surface area contributed by atoms with Crippen molar-refractivity contribution in [2.45, 2.75) is 13.3 Å². The minimum atomic E-state index is -0.229. The van der Waals surface area contributed by atoms with Gasteiger partial charge in [-0.05, 0) is 31.2 Å². The molecule has 3 aromatic rings. The Morgan fingerprint density at radius 2 is 2.05 bits per heavy atom. The van der Waals surface area contributed by atoms with E-state index in [-0.39, 0.29) is 5.56 Å². The number of hydrogen-bond acceptors (Lipinski definition) is 4. The standard InChI is InChI=1S/C15H13ClN4O2/c1-9-13(8-11-5-6-14(21)19-17-11)18-20-15(9)22-12-4-2-3-10(16)7-12/h2-7H,8H2,1H3,(H,18,20)(H,19,21). The van der Waals surface area contributed by atoms with E-state index in [1.54, 1.807) is 18.2 Å². The second-order valence-corrected chi connectivity index (χ2v) is 5.21. The number of H-pyrrole nitrogens is 2. The molecule has 0 spiro atoms. The van der Waals surface area contributed by atoms with E-state index in [0.29, 0.717) is 23.1 Å². The highest BCUT2D eigenvalue weighted by molar-refractivity contribution is 6.30. The number of benzene rings is 1. The van der Waals surface area contributed by atoms with Gasteiger partial charge in [0.25, 0.3) is 5.56 Å². The minimum Gasteiger partial charge on any atom is -0.439 e. The van der Waals surface area contributed by atoms with Crippen molar-refractivity contribution in [3.05, 3.63) is 68.7 Å². The summed E-state index contributed by atoms with van der Waals surface area (Å²) in [6.07, 6.45) is 0.498. The predicted molar refractivity (Wildman–Crippen MR) is 82.5 cm³/mol. The van der Waals surface area contributed by atoms with Gasteiger partial charge in [-0.1, -0.05) is 17.7 Å². The fourth-order valence-corrected chi connectivity index (χ4v) is 2.16. The Hall–Kier alpha value is -2.60. The molecule has 0 atom stereocenters. The van der Waals surface area contributed by atoms with Crippen LogP contribution in [0.4, 0.5) is 0 Å². The molecule has 0 aliphatic carbocycles. The summed E-state index contributed by atoms with van der Waals surface area (Å²) < 4.78 is 5.75. The number of nitrogens with zero attached hydrogens (tertiary/aromatic N) is 2. The lowest BCUT2D eigenvalue weighted by atomic mass is 10.1. The summed E-state index contributed by atoms with van der Waals surface area (Å²) >= 11 is 5.93. The van der Waals surface area contributed by atoms with Crippen molar-refractivity contribution in [2.24, 2.45) is 0 Å². The molecule has 3 rings (SSSR count). The van der Waals surface area contributed by atoms with Crippen LogP contribution in [0.5, 0.6) is 11.6 Å². The monoisotopic (exact) mass is 316 g/mol. The van der Waals surface area contributed by atoms with Crippen LogP contribution >= 0.6 is 11.6 Å². The maximum Gasteiger partial charge on any atom is 0.264 e. The lowest BCUT2D eigenvalue weighted by molar-refractivity contribution is 0.458. The maximum absolute atomic E-state index is 11.0. The summed E-state index contributed by atoms with van der Waals surface area (Å²) in [5.74, 6) is 1.19. The largest absolute Gasteiger partial charge is 0.439 e. The van der Waals surface area contributed by atoms with Crippen molar-refractivity contribution < 1.29 is 4.74 Å². The molecule has 2 heterocycles. The summed E-state index contributed by atoms with van der Waals surface area (Å²) in [4.78, 5) is 11.0. The quantitative estimate of drug-likeness (QED) is 0.775. The normalized spacial score (nSPS) is 10.6. The van der Waals surface area contributed by atoms with Gasteiger partial charge in [-0.25, -0.2) is 10.2 Å². The van der Waals surface area contributed by atoms with E-state index in [9.17, 15) is 4.79 Å². The number of nitrogens with one attached hydrogen (secondary N) is 2. The second-order valence-electron chi connectivity index (χ2n) is 4.77. The molecule has 2 aromatic heterocycles. The Labute approximate surface area is 131 Å². The third kappa shape index (κ3) is 3.17. The van der Waals surface area contributed by atoms with Gasteiger partial charge in [0.15, 0.2) is 0 Å². The fraction of sp³-hybridized carbons (Fsp3) is 0.133. The molecular weight excluding hydrogens is 304 g/mol. The lowest BCUT2D eigenvalue weighted by Gasteiger charge is -2.04. The Morgan fingerprint density at radius 1 is 1.18 bits per heavy atom. The van der Waals surface area contributed by atoms with Gasteiger partial charge in [-0.15, -0.1) is 0 Å². The number of ether oxygens (including phenoxy) is 1. The number of hydrogen-bond donors (Lipinski definition) is 2. The SMILES string of the molecule is Cc1c(Cc2ccc(=O)[nH]n2)n[nH]c1Oc1cccc(Cl)c1. The van der Waals surface area contributed by atoms with Crippen LogP contribution in [-0.4, -0.2) is 20.4 Å². The zero-order valence-electron chi connectivity index (χ0n) is 11.8. The van der Waals surface area contributed by atoms with Crippen LogP contribution in [0.2, 0.25) is 5.02 Å². The molecule has 112 valence electrons. The highest BCUT2D eigenvalue weighted by Crippen LogP contribution is 2.27. The first kappa shape index (κ1) is 14.3. The molecule has 0 aliphatic rings. The van der Waals surface area contributed by atoms with Gasteiger partial charge in [0.1, 0.15) is 5.75 Å². The van der Waals surface area contributed by atoms with Crippen LogP contribution in [-0.2, 0) is 6.42 Å². The van der Waals surface area contributed by atoms with Crippen molar-refractivity contribution in [2.75, 3.05) is 0 Å². The molecule has 0 saturated carbocycles. The smallest absolute Gasteiger partial charge is 0.264 e. The van der Waals surface area contributed by atoms with Gasteiger partial charge >= 0.3 is 0 Å². The van der Waals surface area contributed by atoms with Crippen molar-refractivity contribution >= 4 is 11.6 Å². The molecule has 0 radical (unpaired) electrons. The molecular formula is C15H13ClN4O2. The van der Waals surface area contributed by atoms with Crippen LogP contribution in [0.25, 0.3) is 0 Å². The van der Waals surface area contributed by atoms with Crippen molar-refractivity contribution in [1.82, 2.24) is 20.4 Å². The second kappa shape index (κ2) is 6.03. The van der Waals surface area contributed by atoms with E-state index in [4.69, 9.17) is 16.3 Å². The third-order valence-electron chi connectivity index (χ3n) is 3.17. The molecule has 0 amide bonds. The van der Waals surface area contributed by atoms with Crippen molar-refractivity contribution in [3.63, 3.8) is 0 Å². The number of rotatable bonds is 4. The van der Waals surface area contributed by atoms with E-state index < -0.39 is 0 Å². The van der Waals surface area contributed by atoms with E-state index >= 15 is 0 Å². The van der Waals surface area contributed by atoms with Crippen LogP contribution in [0.15, 0.2) is 41.2 Å². The Kier molecular flexibility index (Phi) is 3.93. The molecule has 0 bridgehead atoms. The van der Waals surface area contributed by atoms with Crippen molar-refractivity contribution in [1.29, 1.82) is 0 Å². The zero-order chi connectivity index (χ0) is 15.5. The first-order chi connectivity index (χ1) is 10.6. The lowest BCUT2D eigenvalue weighted by Crippen LogP contribution is -2.08. The van der Waals surface area contributed by atoms with E-state index in [0.717, 1.165) is 17.0 Å². The van der Waals surface area contributed by atoms with Crippen LogP contribution in [0, 0.1) is 6.92 Å². The topological polar surface area (TPSA) is 83.7 Å². The molecule has 0 unspecified atom stereocenters. The average Bonchev–Trinajstić information content (AvgIpc) is 2.83. The Bertz CT molecular complexity index is 836. The van der Waals surface area contributed by atoms with Crippen LogP contribution in [0.3, 0.4) is 0 Å². The van der Waals surface area contributed by atoms with Gasteiger partial charge in [0, 0.05) is 23.1 Å². The molecule has 0 aliphatic heterocycles. The van der Waals surface area contributed by atoms with Gasteiger partial charge in [0.05, 0.1) is 11.4 Å². The number of halogens is 1. The number of aromatic amines is 2. The van der Waals surface area contributed by atoms with Gasteiger partial charge in [-0.2, -0.15) is 10.2 Å². The molecule has 22 heavy (non-hydrogen) atoms. The summed E-state index contributed by atoms with van der Waals surface area (Å²) in [5.41, 5.74) is 2.18. The zero-order valence-corrected chi connectivity index (χ0v) is 12.5. The summed E-state index contributed by atoms with van der Waals surface area (Å²) in [6.45, 7) is 1.91. The van der Waals surface area contributed by atoms with Crippen LogP contribution < -0.4 is 10.3 Å². The molecule has 2 N–H and O–H groups in total.